The van der Waals surface area contributed by atoms with E-state index >= 15 is 0 Å². The molecule has 8 heteroatoms. The lowest BCUT2D eigenvalue weighted by Crippen LogP contribution is -2.38. The molecule has 1 amide bonds. The number of aromatic nitrogens is 2. The Hall–Kier alpha value is -3.03. The molecule has 0 aliphatic rings. The lowest BCUT2D eigenvalue weighted by Gasteiger charge is -2.19. The van der Waals surface area contributed by atoms with E-state index in [4.69, 9.17) is 4.74 Å². The van der Waals surface area contributed by atoms with Gasteiger partial charge >= 0.3 is 6.09 Å². The minimum absolute atomic E-state index is 0.448. The summed E-state index contributed by atoms with van der Waals surface area (Å²) in [5.74, 6) is 0.823. The van der Waals surface area contributed by atoms with Crippen molar-refractivity contribution < 1.29 is 9.53 Å². The number of aryl methyl sites for hydroxylation is 3. The van der Waals surface area contributed by atoms with E-state index in [-0.39, 0.29) is 0 Å². The number of benzene rings is 1. The zero-order valence-corrected chi connectivity index (χ0v) is 20.3. The van der Waals surface area contributed by atoms with Crippen molar-refractivity contribution in [1.82, 2.24) is 20.4 Å². The Balaban J connectivity index is 1.75. The smallest absolute Gasteiger partial charge is 0.412 e. The highest BCUT2D eigenvalue weighted by Gasteiger charge is 2.16. The molecule has 1 aromatic heterocycles. The van der Waals surface area contributed by atoms with Crippen molar-refractivity contribution in [1.29, 1.82) is 0 Å². The van der Waals surface area contributed by atoms with Crippen molar-refractivity contribution in [3.05, 3.63) is 47.3 Å². The maximum atomic E-state index is 11.9. The zero-order valence-electron chi connectivity index (χ0n) is 20.3. The number of aliphatic imine (C=N–C) groups is 1. The van der Waals surface area contributed by atoms with E-state index in [2.05, 4.69) is 46.0 Å². The number of ether oxygens (including phenoxy) is 1. The largest absolute Gasteiger partial charge is 0.444 e. The number of nitrogens with zero attached hydrogens (tertiary/aromatic N) is 3. The summed E-state index contributed by atoms with van der Waals surface area (Å²) < 4.78 is 7.31. The average molecular weight is 443 g/mol. The van der Waals surface area contributed by atoms with Crippen LogP contribution >= 0.6 is 0 Å². The second kappa shape index (κ2) is 12.1. The third-order valence-corrected chi connectivity index (χ3v) is 4.55. The van der Waals surface area contributed by atoms with Gasteiger partial charge in [-0.2, -0.15) is 5.10 Å². The molecule has 1 heterocycles. The van der Waals surface area contributed by atoms with Gasteiger partial charge in [-0.05, 0) is 78.1 Å². The van der Waals surface area contributed by atoms with Crippen LogP contribution in [0.25, 0.3) is 0 Å². The molecule has 8 nitrogen and oxygen atoms in total. The van der Waals surface area contributed by atoms with Gasteiger partial charge in [-0.15, -0.1) is 0 Å². The molecular formula is C24H38N6O2. The average Bonchev–Trinajstić information content (AvgIpc) is 3.02. The molecule has 3 N–H and O–H groups in total. The van der Waals surface area contributed by atoms with Crippen LogP contribution in [0.1, 0.15) is 51.1 Å². The van der Waals surface area contributed by atoms with Gasteiger partial charge in [-0.3, -0.25) is 15.0 Å². The first-order valence-electron chi connectivity index (χ1n) is 11.3. The molecule has 2 aromatic rings. The van der Waals surface area contributed by atoms with E-state index in [9.17, 15) is 4.79 Å². The number of guanidine groups is 1. The highest BCUT2D eigenvalue weighted by molar-refractivity contribution is 5.84. The van der Waals surface area contributed by atoms with Gasteiger partial charge in [0.2, 0.25) is 0 Å². The molecule has 0 radical (unpaired) electrons. The van der Waals surface area contributed by atoms with E-state index in [0.29, 0.717) is 5.69 Å². The molecule has 0 aliphatic heterocycles. The van der Waals surface area contributed by atoms with Crippen molar-refractivity contribution in [2.45, 2.75) is 66.5 Å². The fourth-order valence-corrected chi connectivity index (χ4v) is 3.16. The van der Waals surface area contributed by atoms with Gasteiger partial charge in [-0.25, -0.2) is 4.79 Å². The summed E-state index contributed by atoms with van der Waals surface area (Å²) in [6, 6.07) is 9.88. The number of nitrogens with one attached hydrogen (secondary N) is 3. The predicted molar refractivity (Wildman–Crippen MR) is 130 cm³/mol. The highest BCUT2D eigenvalue weighted by atomic mass is 16.6. The van der Waals surface area contributed by atoms with Gasteiger partial charge in [0.15, 0.2) is 5.96 Å². The lowest BCUT2D eigenvalue weighted by molar-refractivity contribution is 0.0636. The van der Waals surface area contributed by atoms with Crippen LogP contribution in [0.4, 0.5) is 10.5 Å². The van der Waals surface area contributed by atoms with Gasteiger partial charge in [0, 0.05) is 37.6 Å². The van der Waals surface area contributed by atoms with Crippen LogP contribution in [-0.4, -0.2) is 47.1 Å². The maximum absolute atomic E-state index is 11.9. The number of rotatable bonds is 9. The third kappa shape index (κ3) is 9.41. The molecule has 0 bridgehead atoms. The number of hydrogen-bond acceptors (Lipinski definition) is 4. The number of hydrogen-bond donors (Lipinski definition) is 3. The number of anilines is 1. The van der Waals surface area contributed by atoms with E-state index in [1.165, 1.54) is 11.3 Å². The van der Waals surface area contributed by atoms with Gasteiger partial charge < -0.3 is 15.4 Å². The van der Waals surface area contributed by atoms with Crippen LogP contribution in [-0.2, 0) is 17.7 Å². The van der Waals surface area contributed by atoms with Crippen molar-refractivity contribution in [2.24, 2.45) is 4.99 Å². The van der Waals surface area contributed by atoms with E-state index in [0.717, 1.165) is 50.7 Å². The SMILES string of the molecule is CCNC(=NCCCn1nc(C)cc1C)NCCc1ccc(NC(=O)OC(C)(C)C)cc1. The molecule has 0 spiro atoms. The Kier molecular flexibility index (Phi) is 9.56. The first-order chi connectivity index (χ1) is 15.2. The van der Waals surface area contributed by atoms with Crippen LogP contribution in [0.3, 0.4) is 0 Å². The molecule has 0 fully saturated rings. The summed E-state index contributed by atoms with van der Waals surface area (Å²) in [7, 11) is 0. The van der Waals surface area contributed by atoms with Crippen LogP contribution in [0.2, 0.25) is 0 Å². The molecule has 0 atom stereocenters. The molecular weight excluding hydrogens is 404 g/mol. The Bertz CT molecular complexity index is 881. The molecule has 32 heavy (non-hydrogen) atoms. The van der Waals surface area contributed by atoms with E-state index in [1.807, 2.05) is 56.6 Å². The van der Waals surface area contributed by atoms with Crippen LogP contribution in [0.5, 0.6) is 0 Å². The molecule has 0 unspecified atom stereocenters. The second-order valence-electron chi connectivity index (χ2n) is 8.77. The minimum atomic E-state index is -0.515. The topological polar surface area (TPSA) is 92.6 Å². The second-order valence-corrected chi connectivity index (χ2v) is 8.77. The van der Waals surface area contributed by atoms with Gasteiger partial charge in [0.05, 0.1) is 5.69 Å². The molecule has 2 rings (SSSR count). The summed E-state index contributed by atoms with van der Waals surface area (Å²) in [6.07, 6.45) is 1.34. The Morgan fingerprint density at radius 3 is 2.47 bits per heavy atom. The van der Waals surface area contributed by atoms with Crippen molar-refractivity contribution in [2.75, 3.05) is 25.0 Å². The predicted octanol–water partition coefficient (Wildman–Crippen LogP) is 4.03. The van der Waals surface area contributed by atoms with Crippen LogP contribution in [0, 0.1) is 13.8 Å². The Labute approximate surface area is 191 Å². The van der Waals surface area contributed by atoms with Crippen molar-refractivity contribution in [3.8, 4) is 0 Å². The summed E-state index contributed by atoms with van der Waals surface area (Å²) in [5, 5.41) is 13.9. The zero-order chi connectivity index (χ0) is 23.6. The van der Waals surface area contributed by atoms with Gasteiger partial charge in [0.25, 0.3) is 0 Å². The molecule has 0 saturated heterocycles. The molecule has 176 valence electrons. The van der Waals surface area contributed by atoms with Crippen LogP contribution in [0.15, 0.2) is 35.3 Å². The fourth-order valence-electron chi connectivity index (χ4n) is 3.16. The Morgan fingerprint density at radius 1 is 1.16 bits per heavy atom. The maximum Gasteiger partial charge on any atom is 0.412 e. The monoisotopic (exact) mass is 442 g/mol. The minimum Gasteiger partial charge on any atom is -0.444 e. The quantitative estimate of drug-likeness (QED) is 0.310. The van der Waals surface area contributed by atoms with Crippen LogP contribution < -0.4 is 16.0 Å². The first kappa shape index (κ1) is 25.2. The van der Waals surface area contributed by atoms with E-state index in [1.54, 1.807) is 0 Å². The van der Waals surface area contributed by atoms with Crippen molar-refractivity contribution in [3.63, 3.8) is 0 Å². The third-order valence-electron chi connectivity index (χ3n) is 4.55. The number of carbonyl (C=O) groups is 1. The highest BCUT2D eigenvalue weighted by Crippen LogP contribution is 2.13. The standard InChI is InChI=1S/C24H38N6O2/c1-7-25-22(26-14-8-16-30-19(3)17-18(2)29-30)27-15-13-20-9-11-21(12-10-20)28-23(31)32-24(4,5)6/h9-12,17H,7-8,13-16H2,1-6H3,(H,28,31)(H2,25,26,27). The molecule has 0 saturated carbocycles. The summed E-state index contributed by atoms with van der Waals surface area (Å²) in [5.41, 5.74) is 3.61. The lowest BCUT2D eigenvalue weighted by atomic mass is 10.1. The van der Waals surface area contributed by atoms with Gasteiger partial charge in [0.1, 0.15) is 5.60 Å². The molecule has 0 aliphatic carbocycles. The molecule has 1 aromatic carbocycles. The van der Waals surface area contributed by atoms with Gasteiger partial charge in [-0.1, -0.05) is 12.1 Å². The fraction of sp³-hybridized carbons (Fsp3) is 0.542. The van der Waals surface area contributed by atoms with Crippen molar-refractivity contribution >= 4 is 17.7 Å². The number of carbonyl (C=O) groups excluding carboxylic acids is 1. The normalized spacial score (nSPS) is 11.9. The first-order valence-corrected chi connectivity index (χ1v) is 11.3. The summed E-state index contributed by atoms with van der Waals surface area (Å²) in [6.45, 7) is 14.9. The Morgan fingerprint density at radius 2 is 1.88 bits per heavy atom. The summed E-state index contributed by atoms with van der Waals surface area (Å²) in [4.78, 5) is 16.5. The van der Waals surface area contributed by atoms with E-state index < -0.39 is 11.7 Å². The summed E-state index contributed by atoms with van der Waals surface area (Å²) >= 11 is 0. The number of amides is 1.